The zero-order valence-electron chi connectivity index (χ0n) is 16.9. The molecule has 0 spiro atoms. The van der Waals surface area contributed by atoms with Crippen LogP contribution < -0.4 is 4.74 Å². The van der Waals surface area contributed by atoms with Crippen molar-refractivity contribution in [1.82, 2.24) is 0 Å². The molecule has 1 aliphatic heterocycles. The van der Waals surface area contributed by atoms with Gasteiger partial charge in [0, 0.05) is 24.3 Å². The number of aromatic hydroxyl groups is 1. The summed E-state index contributed by atoms with van der Waals surface area (Å²) >= 11 is 0. The third-order valence-electron chi connectivity index (χ3n) is 5.16. The molecule has 1 heterocycles. The fourth-order valence-corrected chi connectivity index (χ4v) is 3.80. The van der Waals surface area contributed by atoms with E-state index in [0.717, 1.165) is 13.2 Å². The number of carboxylic acids is 3. The molecule has 12 heteroatoms. The Kier molecular flexibility index (Phi) is 8.13. The molecule has 4 N–H and O–H groups in total. The van der Waals surface area contributed by atoms with Crippen molar-refractivity contribution in [3.05, 3.63) is 23.8 Å². The molecule has 2 rings (SSSR count). The van der Waals surface area contributed by atoms with E-state index in [-0.39, 0.29) is 11.3 Å². The van der Waals surface area contributed by atoms with Crippen molar-refractivity contribution in [2.24, 2.45) is 17.8 Å². The van der Waals surface area contributed by atoms with Gasteiger partial charge in [-0.25, -0.2) is 4.79 Å². The number of aldehydes is 1. The summed E-state index contributed by atoms with van der Waals surface area (Å²) in [7, 11) is 1.03. The molecule has 174 valence electrons. The van der Waals surface area contributed by atoms with Crippen LogP contribution in [0.15, 0.2) is 18.2 Å². The van der Waals surface area contributed by atoms with Crippen molar-refractivity contribution in [1.29, 1.82) is 0 Å². The summed E-state index contributed by atoms with van der Waals surface area (Å²) in [4.78, 5) is 57.6. The zero-order valence-corrected chi connectivity index (χ0v) is 16.9. The lowest BCUT2D eigenvalue weighted by molar-refractivity contribution is -0.233. The summed E-state index contributed by atoms with van der Waals surface area (Å²) in [5.41, 5.74) is -0.0401. The summed E-state index contributed by atoms with van der Waals surface area (Å²) in [5.74, 6) is -8.97. The van der Waals surface area contributed by atoms with Gasteiger partial charge < -0.3 is 34.6 Å². The van der Waals surface area contributed by atoms with Gasteiger partial charge >= 0.3 is 23.9 Å². The molecule has 1 aromatic rings. The number of carbonyl (C=O) groups excluding carboxylic acids is 2. The van der Waals surface area contributed by atoms with Gasteiger partial charge in [-0.3, -0.25) is 19.2 Å². The molecule has 0 saturated carbocycles. The number of phenolic OH excluding ortho intramolecular Hbond substituents is 1. The average molecular weight is 454 g/mol. The number of aliphatic carboxylic acids is 3. The third kappa shape index (κ3) is 5.94. The van der Waals surface area contributed by atoms with Crippen molar-refractivity contribution in [2.45, 2.75) is 31.7 Å². The molecule has 0 unspecified atom stereocenters. The maximum absolute atomic E-state index is 12.3. The highest BCUT2D eigenvalue weighted by molar-refractivity contribution is 5.79. The number of ether oxygens (including phenoxy) is 3. The number of benzene rings is 1. The summed E-state index contributed by atoms with van der Waals surface area (Å²) in [6, 6.07) is 3.58. The van der Waals surface area contributed by atoms with Crippen molar-refractivity contribution in [3.63, 3.8) is 0 Å². The van der Waals surface area contributed by atoms with E-state index in [0.29, 0.717) is 6.29 Å². The second-order valence-corrected chi connectivity index (χ2v) is 7.19. The molecule has 1 saturated heterocycles. The number of hydrogen-bond donors (Lipinski definition) is 4. The van der Waals surface area contributed by atoms with Crippen LogP contribution in [-0.2, 0) is 28.7 Å². The fourth-order valence-electron chi connectivity index (χ4n) is 3.80. The first-order valence-corrected chi connectivity index (χ1v) is 9.40. The van der Waals surface area contributed by atoms with Gasteiger partial charge in [-0.2, -0.15) is 0 Å². The molecule has 0 radical (unpaired) electrons. The second kappa shape index (κ2) is 10.6. The van der Waals surface area contributed by atoms with E-state index in [2.05, 4.69) is 4.74 Å². The van der Waals surface area contributed by atoms with Crippen molar-refractivity contribution >= 4 is 30.2 Å². The summed E-state index contributed by atoms with van der Waals surface area (Å²) in [5, 5.41) is 37.9. The highest BCUT2D eigenvalue weighted by Crippen LogP contribution is 2.42. The molecule has 1 fully saturated rings. The molecule has 5 atom stereocenters. The van der Waals surface area contributed by atoms with Gasteiger partial charge in [0.15, 0.2) is 12.4 Å². The predicted molar refractivity (Wildman–Crippen MR) is 102 cm³/mol. The van der Waals surface area contributed by atoms with E-state index in [1.807, 2.05) is 0 Å². The normalized spacial score (nSPS) is 24.8. The van der Waals surface area contributed by atoms with Crippen LogP contribution in [0.4, 0.5) is 0 Å². The Morgan fingerprint density at radius 2 is 1.53 bits per heavy atom. The molecule has 0 aliphatic carbocycles. The van der Waals surface area contributed by atoms with Crippen molar-refractivity contribution in [3.8, 4) is 11.5 Å². The molecular formula is C20H22O12. The van der Waals surface area contributed by atoms with Crippen LogP contribution in [0.1, 0.15) is 29.6 Å². The molecule has 0 amide bonds. The summed E-state index contributed by atoms with van der Waals surface area (Å²) < 4.78 is 15.9. The largest absolute Gasteiger partial charge is 0.507 e. The minimum atomic E-state index is -1.54. The van der Waals surface area contributed by atoms with Crippen LogP contribution in [0, 0.1) is 17.8 Å². The van der Waals surface area contributed by atoms with Crippen molar-refractivity contribution < 1.29 is 58.6 Å². The van der Waals surface area contributed by atoms with Crippen LogP contribution in [0.5, 0.6) is 11.5 Å². The number of esters is 1. The number of carboxylic acid groups (broad SMARTS) is 3. The summed E-state index contributed by atoms with van der Waals surface area (Å²) in [6.45, 7) is 0. The standard InChI is InChI=1S/C20H22O12/c1-30-19(29)18-12(6-16(25)26)11(5-15(23)24)13(7-17(27)28)20(32-18)31-10-3-2-9(8-21)14(22)4-10/h2-4,8,11-13,18,20,22H,5-7H2,1H3,(H,23,24)(H,25,26)(H,27,28)/t11-,12-,13+,18-,20+/m0/s1. The van der Waals surface area contributed by atoms with Crippen molar-refractivity contribution in [2.75, 3.05) is 7.11 Å². The molecule has 0 bridgehead atoms. The summed E-state index contributed by atoms with van der Waals surface area (Å²) in [6.07, 6.45) is -4.61. The number of phenols is 1. The monoisotopic (exact) mass is 454 g/mol. The number of hydrogen-bond acceptors (Lipinski definition) is 9. The lowest BCUT2D eigenvalue weighted by atomic mass is 9.71. The molecule has 1 aliphatic rings. The lowest BCUT2D eigenvalue weighted by Crippen LogP contribution is -2.54. The second-order valence-electron chi connectivity index (χ2n) is 7.19. The highest BCUT2D eigenvalue weighted by atomic mass is 16.7. The molecule has 0 aromatic heterocycles. The van der Waals surface area contributed by atoms with E-state index in [1.165, 1.54) is 12.1 Å². The van der Waals surface area contributed by atoms with E-state index in [4.69, 9.17) is 9.47 Å². The van der Waals surface area contributed by atoms with Crippen LogP contribution >= 0.6 is 0 Å². The van der Waals surface area contributed by atoms with E-state index in [9.17, 15) is 44.4 Å². The smallest absolute Gasteiger partial charge is 0.335 e. The molecule has 1 aromatic carbocycles. The first-order chi connectivity index (χ1) is 15.1. The molecular weight excluding hydrogens is 432 g/mol. The van der Waals surface area contributed by atoms with Gasteiger partial charge in [0.2, 0.25) is 6.29 Å². The maximum atomic E-state index is 12.3. The third-order valence-corrected chi connectivity index (χ3v) is 5.16. The van der Waals surface area contributed by atoms with Gasteiger partial charge in [0.1, 0.15) is 11.5 Å². The molecule has 32 heavy (non-hydrogen) atoms. The average Bonchev–Trinajstić information content (AvgIpc) is 2.70. The van der Waals surface area contributed by atoms with Crippen LogP contribution in [0.2, 0.25) is 0 Å². The Morgan fingerprint density at radius 3 is 2.03 bits per heavy atom. The predicted octanol–water partition coefficient (Wildman–Crippen LogP) is 0.754. The Morgan fingerprint density at radius 1 is 0.969 bits per heavy atom. The fraction of sp³-hybridized carbons (Fsp3) is 0.450. The highest BCUT2D eigenvalue weighted by Gasteiger charge is 2.51. The Balaban J connectivity index is 2.51. The minimum Gasteiger partial charge on any atom is -0.507 e. The minimum absolute atomic E-state index is 0.0401. The van der Waals surface area contributed by atoms with Crippen LogP contribution in [0.3, 0.4) is 0 Å². The van der Waals surface area contributed by atoms with Gasteiger partial charge in [0.05, 0.1) is 25.5 Å². The van der Waals surface area contributed by atoms with E-state index in [1.54, 1.807) is 0 Å². The van der Waals surface area contributed by atoms with Gasteiger partial charge in [-0.15, -0.1) is 0 Å². The van der Waals surface area contributed by atoms with Gasteiger partial charge in [-0.05, 0) is 18.1 Å². The first-order valence-electron chi connectivity index (χ1n) is 9.40. The quantitative estimate of drug-likeness (QED) is 0.287. The van der Waals surface area contributed by atoms with Crippen LogP contribution in [0.25, 0.3) is 0 Å². The van der Waals surface area contributed by atoms with E-state index < -0.39 is 79.0 Å². The first kappa shape index (κ1) is 24.6. The zero-order chi connectivity index (χ0) is 24.0. The SMILES string of the molecule is COC(=O)[C@H]1O[C@@H](Oc2ccc(C=O)c(O)c2)[C@H](CC(=O)O)[C@@H](CC(=O)O)[C@@H]1CC(=O)O. The lowest BCUT2D eigenvalue weighted by Gasteiger charge is -2.44. The Hall–Kier alpha value is -3.67. The number of rotatable bonds is 10. The van der Waals surface area contributed by atoms with E-state index >= 15 is 0 Å². The number of carbonyl (C=O) groups is 5. The van der Waals surface area contributed by atoms with Gasteiger partial charge in [0.25, 0.3) is 0 Å². The topological polar surface area (TPSA) is 194 Å². The van der Waals surface area contributed by atoms with Crippen LogP contribution in [-0.4, -0.2) is 70.1 Å². The Labute approximate surface area is 181 Å². The number of methoxy groups -OCH3 is 1. The van der Waals surface area contributed by atoms with Gasteiger partial charge in [-0.1, -0.05) is 0 Å². The molecule has 12 nitrogen and oxygen atoms in total. The maximum Gasteiger partial charge on any atom is 0.335 e. The Bertz CT molecular complexity index is 895.